The largest absolute Gasteiger partial charge is 0.371 e. The van der Waals surface area contributed by atoms with Crippen LogP contribution in [0.4, 0.5) is 5.69 Å². The zero-order chi connectivity index (χ0) is 16.7. The predicted octanol–water partition coefficient (Wildman–Crippen LogP) is 5.80. The van der Waals surface area contributed by atoms with Crippen LogP contribution in [0.1, 0.15) is 25.2 Å². The first kappa shape index (κ1) is 18.1. The van der Waals surface area contributed by atoms with Gasteiger partial charge in [-0.05, 0) is 50.0 Å². The van der Waals surface area contributed by atoms with Gasteiger partial charge in [0, 0.05) is 10.7 Å². The molecular weight excluding hydrogens is 329 g/mol. The van der Waals surface area contributed by atoms with Gasteiger partial charge in [-0.1, -0.05) is 41.9 Å². The molecule has 124 valence electrons. The lowest BCUT2D eigenvalue weighted by molar-refractivity contribution is 0.260. The van der Waals surface area contributed by atoms with Crippen molar-refractivity contribution in [2.45, 2.75) is 19.6 Å². The van der Waals surface area contributed by atoms with E-state index in [0.29, 0.717) is 18.2 Å². The zero-order valence-corrected chi connectivity index (χ0v) is 15.2. The Morgan fingerprint density at radius 2 is 1.57 bits per heavy atom. The van der Waals surface area contributed by atoms with Crippen molar-refractivity contribution in [3.8, 4) is 0 Å². The highest BCUT2D eigenvalue weighted by Gasteiger charge is 2.29. The minimum absolute atomic E-state index is 0.148. The van der Waals surface area contributed by atoms with Crippen LogP contribution in [0.3, 0.4) is 0 Å². The van der Waals surface area contributed by atoms with Crippen LogP contribution >= 0.6 is 18.9 Å². The molecule has 1 atom stereocenters. The van der Waals surface area contributed by atoms with Gasteiger partial charge in [-0.15, -0.1) is 0 Å². The lowest BCUT2D eigenvalue weighted by Crippen LogP contribution is -2.15. The Hall–Kier alpha value is -1.25. The quantitative estimate of drug-likeness (QED) is 0.609. The smallest absolute Gasteiger partial charge is 0.143 e. The summed E-state index contributed by atoms with van der Waals surface area (Å²) >= 11 is 5.97. The first-order valence-corrected chi connectivity index (χ1v) is 9.94. The molecule has 0 saturated heterocycles. The Balaban J connectivity index is 2.38. The average Bonchev–Trinajstić information content (AvgIpc) is 2.55. The lowest BCUT2D eigenvalue weighted by Gasteiger charge is -2.33. The summed E-state index contributed by atoms with van der Waals surface area (Å²) in [5.41, 5.74) is 2.04. The Labute approximate surface area is 143 Å². The summed E-state index contributed by atoms with van der Waals surface area (Å²) in [5.74, 6) is -0.148. The van der Waals surface area contributed by atoms with Gasteiger partial charge in [-0.25, -0.2) is 0 Å². The second kappa shape index (κ2) is 8.56. The SMILES string of the molecule is C=P(OCC)(OCC)C(Nc1ccc(Cl)cc1)c1ccccc1. The molecule has 0 saturated carbocycles. The van der Waals surface area contributed by atoms with E-state index in [0.717, 1.165) is 11.3 Å². The highest BCUT2D eigenvalue weighted by atomic mass is 35.5. The highest BCUT2D eigenvalue weighted by molar-refractivity contribution is 7.64. The van der Waals surface area contributed by atoms with Crippen LogP contribution < -0.4 is 5.32 Å². The molecule has 0 aliphatic rings. The molecule has 2 rings (SSSR count). The second-order valence-corrected chi connectivity index (χ2v) is 7.95. The molecule has 0 amide bonds. The van der Waals surface area contributed by atoms with Crippen LogP contribution in [0, 0.1) is 0 Å². The maximum atomic E-state index is 5.97. The van der Waals surface area contributed by atoms with Crippen molar-refractivity contribution in [2.24, 2.45) is 0 Å². The number of rotatable bonds is 8. The van der Waals surface area contributed by atoms with Crippen LogP contribution in [-0.2, 0) is 9.05 Å². The van der Waals surface area contributed by atoms with Gasteiger partial charge in [0.1, 0.15) is 13.1 Å². The summed E-state index contributed by atoms with van der Waals surface area (Å²) in [6.07, 6.45) is 4.32. The molecule has 1 unspecified atom stereocenters. The average molecular weight is 352 g/mol. The summed E-state index contributed by atoms with van der Waals surface area (Å²) in [6, 6.07) is 17.7. The van der Waals surface area contributed by atoms with Crippen molar-refractivity contribution in [3.63, 3.8) is 0 Å². The van der Waals surface area contributed by atoms with Gasteiger partial charge in [0.05, 0.1) is 13.2 Å². The van der Waals surface area contributed by atoms with Crippen LogP contribution in [-0.4, -0.2) is 19.5 Å². The Kier molecular flexibility index (Phi) is 6.73. The number of benzene rings is 2. The van der Waals surface area contributed by atoms with Gasteiger partial charge >= 0.3 is 0 Å². The number of hydrogen-bond acceptors (Lipinski definition) is 3. The molecule has 0 spiro atoms. The van der Waals surface area contributed by atoms with E-state index in [2.05, 4.69) is 23.7 Å². The number of nitrogens with one attached hydrogen (secondary N) is 1. The molecule has 3 nitrogen and oxygen atoms in total. The summed E-state index contributed by atoms with van der Waals surface area (Å²) in [4.78, 5) is 0. The van der Waals surface area contributed by atoms with Crippen molar-refractivity contribution in [2.75, 3.05) is 18.5 Å². The fourth-order valence-corrected chi connectivity index (χ4v) is 4.72. The van der Waals surface area contributed by atoms with Crippen molar-refractivity contribution in [1.82, 2.24) is 0 Å². The topological polar surface area (TPSA) is 30.5 Å². The van der Waals surface area contributed by atoms with Crippen LogP contribution in [0.2, 0.25) is 5.02 Å². The molecule has 0 aliphatic carbocycles. The fraction of sp³-hybridized carbons (Fsp3) is 0.278. The fourth-order valence-electron chi connectivity index (χ4n) is 2.37. The van der Waals surface area contributed by atoms with Crippen LogP contribution in [0.5, 0.6) is 0 Å². The Morgan fingerprint density at radius 3 is 2.09 bits per heavy atom. The molecule has 0 aromatic heterocycles. The van der Waals surface area contributed by atoms with E-state index in [4.69, 9.17) is 20.6 Å². The van der Waals surface area contributed by atoms with E-state index in [9.17, 15) is 0 Å². The zero-order valence-electron chi connectivity index (χ0n) is 13.5. The summed E-state index contributed by atoms with van der Waals surface area (Å²) in [6.45, 7) is 5.04. The van der Waals surface area contributed by atoms with E-state index >= 15 is 0 Å². The molecule has 2 aromatic carbocycles. The van der Waals surface area contributed by atoms with Gasteiger partial charge in [0.2, 0.25) is 0 Å². The molecule has 0 fully saturated rings. The number of halogens is 1. The van der Waals surface area contributed by atoms with Gasteiger partial charge in [-0.2, -0.15) is 0 Å². The van der Waals surface area contributed by atoms with E-state index in [-0.39, 0.29) is 5.78 Å². The second-order valence-electron chi connectivity index (χ2n) is 5.03. The predicted molar refractivity (Wildman–Crippen MR) is 102 cm³/mol. The Bertz CT molecular complexity index is 636. The summed E-state index contributed by atoms with van der Waals surface area (Å²) in [5, 5.41) is 4.22. The maximum absolute atomic E-state index is 5.97. The molecular formula is C18H23ClNO2P. The highest BCUT2D eigenvalue weighted by Crippen LogP contribution is 2.60. The van der Waals surface area contributed by atoms with E-state index in [1.54, 1.807) is 0 Å². The third-order valence-electron chi connectivity index (χ3n) is 3.35. The van der Waals surface area contributed by atoms with Crippen molar-refractivity contribution >= 4 is 30.9 Å². The minimum atomic E-state index is -2.37. The molecule has 0 aliphatic heterocycles. The molecule has 0 bridgehead atoms. The Morgan fingerprint density at radius 1 is 1.00 bits per heavy atom. The first-order valence-electron chi connectivity index (χ1n) is 7.68. The van der Waals surface area contributed by atoms with Crippen molar-refractivity contribution < 1.29 is 9.05 Å². The standard InChI is InChI=1S/C18H23ClNO2P/c1-4-21-23(3,22-5-2)18(15-9-7-6-8-10-15)20-17-13-11-16(19)12-14-17/h6-14,18,20H,3-5H2,1-2H3. The lowest BCUT2D eigenvalue weighted by atomic mass is 10.2. The first-order chi connectivity index (χ1) is 11.1. The molecule has 23 heavy (non-hydrogen) atoms. The summed E-state index contributed by atoms with van der Waals surface area (Å²) < 4.78 is 11.9. The van der Waals surface area contributed by atoms with E-state index < -0.39 is 7.34 Å². The van der Waals surface area contributed by atoms with Gasteiger partial charge in [-0.3, -0.25) is 0 Å². The van der Waals surface area contributed by atoms with Gasteiger partial charge < -0.3 is 14.4 Å². The molecule has 1 N–H and O–H groups in total. The molecule has 0 heterocycles. The number of hydrogen-bond donors (Lipinski definition) is 1. The maximum Gasteiger partial charge on any atom is 0.143 e. The van der Waals surface area contributed by atoms with Crippen molar-refractivity contribution in [3.05, 3.63) is 65.2 Å². The molecule has 2 aromatic rings. The van der Waals surface area contributed by atoms with Crippen molar-refractivity contribution in [1.29, 1.82) is 0 Å². The molecule has 0 radical (unpaired) electrons. The summed E-state index contributed by atoms with van der Waals surface area (Å²) in [7, 11) is -2.37. The third-order valence-corrected chi connectivity index (χ3v) is 6.21. The monoisotopic (exact) mass is 351 g/mol. The third kappa shape index (κ3) is 4.86. The van der Waals surface area contributed by atoms with Crippen LogP contribution in [0.15, 0.2) is 54.6 Å². The van der Waals surface area contributed by atoms with Gasteiger partial charge in [0.25, 0.3) is 0 Å². The minimum Gasteiger partial charge on any atom is -0.371 e. The normalized spacial score (nSPS) is 12.8. The van der Waals surface area contributed by atoms with E-state index in [1.165, 1.54) is 0 Å². The number of anilines is 1. The molecule has 5 heteroatoms. The van der Waals surface area contributed by atoms with Gasteiger partial charge in [0.15, 0.2) is 0 Å². The van der Waals surface area contributed by atoms with E-state index in [1.807, 2.05) is 56.3 Å². The van der Waals surface area contributed by atoms with Crippen LogP contribution in [0.25, 0.3) is 0 Å².